The van der Waals surface area contributed by atoms with Gasteiger partial charge in [-0.05, 0) is 94.5 Å². The third-order valence-corrected chi connectivity index (χ3v) is 13.2. The van der Waals surface area contributed by atoms with E-state index in [9.17, 15) is 30.2 Å². The van der Waals surface area contributed by atoms with E-state index >= 15 is 0 Å². The van der Waals surface area contributed by atoms with Gasteiger partial charge < -0.3 is 44.0 Å². The summed E-state index contributed by atoms with van der Waals surface area (Å²) in [7, 11) is 0. The van der Waals surface area contributed by atoms with Crippen LogP contribution in [0.25, 0.3) is 0 Å². The summed E-state index contributed by atoms with van der Waals surface area (Å²) in [6.45, 7) is 12.8. The van der Waals surface area contributed by atoms with Crippen LogP contribution in [0.3, 0.4) is 0 Å². The average Bonchev–Trinajstić information content (AvgIpc) is 3.30. The Kier molecular flexibility index (Phi) is 21.6. The lowest BCUT2D eigenvalue weighted by Crippen LogP contribution is -2.70. The predicted molar refractivity (Wildman–Crippen MR) is 260 cm³/mol. The number of rotatable bonds is 31. The fourth-order valence-corrected chi connectivity index (χ4v) is 10.2. The number of nitrogens with zero attached hydrogens (tertiary/aromatic N) is 3. The first-order chi connectivity index (χ1) is 32.4. The molecule has 1 aliphatic heterocycles. The Morgan fingerprint density at radius 3 is 2.30 bits per heavy atom. The Morgan fingerprint density at radius 1 is 0.925 bits per heavy atom. The summed E-state index contributed by atoms with van der Waals surface area (Å²) in [4.78, 5) is 34.3. The van der Waals surface area contributed by atoms with E-state index in [-0.39, 0.29) is 82.0 Å². The number of hydrogen-bond acceptors (Lipinski definition) is 12. The van der Waals surface area contributed by atoms with E-state index in [0.29, 0.717) is 42.2 Å². The van der Waals surface area contributed by atoms with Crippen molar-refractivity contribution in [3.63, 3.8) is 0 Å². The van der Waals surface area contributed by atoms with E-state index in [0.717, 1.165) is 62.5 Å². The zero-order chi connectivity index (χ0) is 48.2. The molecule has 3 aliphatic rings. The number of aliphatic hydroxyl groups is 3. The maximum absolute atomic E-state index is 14.9. The summed E-state index contributed by atoms with van der Waals surface area (Å²) in [5.74, 6) is -0.935. The van der Waals surface area contributed by atoms with Crippen molar-refractivity contribution in [3.8, 4) is 17.2 Å². The molecule has 1 saturated carbocycles. The highest BCUT2D eigenvalue weighted by Crippen LogP contribution is 2.62. The van der Waals surface area contributed by atoms with Gasteiger partial charge in [0, 0.05) is 50.1 Å². The molecule has 1 heterocycles. The maximum atomic E-state index is 14.9. The molecule has 372 valence electrons. The molecule has 6 unspecified atom stereocenters. The van der Waals surface area contributed by atoms with Crippen LogP contribution in [-0.2, 0) is 19.1 Å². The SMILES string of the molecule is C=CCOC12Oc3ccc(Oc4cccc([N+](=O)[O-])c4)cc3C3C(CCCCO)C(CCCCO)C=C(C(=NOC(C)(C)C)CC1N(CCOCCO)C(=O)CCCCCCCCCCC)C32. The molecule has 0 spiro atoms. The first kappa shape index (κ1) is 53.6. The third-order valence-electron chi connectivity index (χ3n) is 13.2. The minimum absolute atomic E-state index is 0.0102. The highest BCUT2D eigenvalue weighted by Gasteiger charge is 2.65. The van der Waals surface area contributed by atoms with Gasteiger partial charge in [0.2, 0.25) is 11.7 Å². The molecule has 0 aromatic heterocycles. The molecule has 0 radical (unpaired) electrons. The zero-order valence-electron chi connectivity index (χ0n) is 40.7. The number of non-ortho nitro benzene ring substituents is 1. The second-order valence-electron chi connectivity index (χ2n) is 19.3. The van der Waals surface area contributed by atoms with Crippen molar-refractivity contribution in [2.75, 3.05) is 46.2 Å². The second kappa shape index (κ2) is 27.0. The van der Waals surface area contributed by atoms with Gasteiger partial charge in [-0.2, -0.15) is 0 Å². The third kappa shape index (κ3) is 14.8. The van der Waals surface area contributed by atoms with Crippen molar-refractivity contribution >= 4 is 17.3 Å². The molecule has 6 atom stereocenters. The minimum atomic E-state index is -1.45. The number of hydrogen-bond donors (Lipinski definition) is 3. The highest BCUT2D eigenvalue weighted by atomic mass is 16.7. The van der Waals surface area contributed by atoms with Gasteiger partial charge in [-0.25, -0.2) is 0 Å². The fraction of sp³-hybridized carbons (Fsp3) is 0.660. The number of aliphatic hydroxyl groups excluding tert-OH is 3. The number of benzene rings is 2. The smallest absolute Gasteiger partial charge is 0.273 e. The fourth-order valence-electron chi connectivity index (χ4n) is 10.2. The summed E-state index contributed by atoms with van der Waals surface area (Å²) in [6.07, 6.45) is 19.1. The van der Waals surface area contributed by atoms with E-state index in [2.05, 4.69) is 19.6 Å². The topological polar surface area (TPSA) is 183 Å². The Bertz CT molecular complexity index is 1930. The minimum Gasteiger partial charge on any atom is -0.459 e. The molecule has 5 rings (SSSR count). The Labute approximate surface area is 398 Å². The first-order valence-electron chi connectivity index (χ1n) is 25.1. The van der Waals surface area contributed by atoms with E-state index in [4.69, 9.17) is 28.9 Å². The lowest BCUT2D eigenvalue weighted by Gasteiger charge is -2.60. The van der Waals surface area contributed by atoms with Gasteiger partial charge in [-0.1, -0.05) is 94.5 Å². The molecule has 2 aromatic carbocycles. The number of carbonyl (C=O) groups excluding carboxylic acids is 1. The van der Waals surface area contributed by atoms with Gasteiger partial charge in [-0.3, -0.25) is 14.9 Å². The number of amides is 1. The van der Waals surface area contributed by atoms with Gasteiger partial charge in [0.05, 0.1) is 49.0 Å². The molecular formula is C53H79N3O11. The van der Waals surface area contributed by atoms with Crippen LogP contribution in [0.1, 0.15) is 148 Å². The second-order valence-corrected chi connectivity index (χ2v) is 19.3. The molecule has 14 nitrogen and oxygen atoms in total. The normalized spacial score (nSPS) is 22.6. The number of allylic oxidation sites excluding steroid dienone is 1. The Hall–Kier alpha value is -4.34. The van der Waals surface area contributed by atoms with Gasteiger partial charge in [0.15, 0.2) is 0 Å². The van der Waals surface area contributed by atoms with Gasteiger partial charge in [0.1, 0.15) is 28.9 Å². The average molecular weight is 934 g/mol. The van der Waals surface area contributed by atoms with E-state index in [1.807, 2.05) is 37.8 Å². The molecule has 2 aliphatic carbocycles. The number of fused-ring (bicyclic) bond motifs is 2. The Morgan fingerprint density at radius 2 is 1.63 bits per heavy atom. The zero-order valence-corrected chi connectivity index (χ0v) is 40.7. The van der Waals surface area contributed by atoms with E-state index < -0.39 is 28.3 Å². The Balaban J connectivity index is 1.68. The van der Waals surface area contributed by atoms with Crippen LogP contribution < -0.4 is 9.47 Å². The van der Waals surface area contributed by atoms with Crippen molar-refractivity contribution in [2.45, 2.75) is 160 Å². The molecule has 1 amide bonds. The van der Waals surface area contributed by atoms with Crippen molar-refractivity contribution in [1.29, 1.82) is 0 Å². The van der Waals surface area contributed by atoms with Crippen LogP contribution in [0.2, 0.25) is 0 Å². The lowest BCUT2D eigenvalue weighted by molar-refractivity contribution is -0.384. The van der Waals surface area contributed by atoms with Gasteiger partial charge >= 0.3 is 0 Å². The summed E-state index contributed by atoms with van der Waals surface area (Å²) in [5.41, 5.74) is 1.77. The molecule has 67 heavy (non-hydrogen) atoms. The largest absolute Gasteiger partial charge is 0.459 e. The summed E-state index contributed by atoms with van der Waals surface area (Å²) >= 11 is 0. The number of nitro groups is 1. The quantitative estimate of drug-likeness (QED) is 0.0283. The predicted octanol–water partition coefficient (Wildman–Crippen LogP) is 10.6. The standard InChI is InChI=1S/C53H79N3O11/c1-6-8-9-10-11-12-13-14-15-25-49(60)55(28-33-63-34-31-59)48-38-46(54-67-52(3,4)5)44-35-39(21-16-18-29-57)43(24-17-19-30-58)50-45-37-42(65-41-23-20-22-40(36-41)56(61)62)26-27-47(45)66-53(48,51(44)50)64-32-7-2/h7,20,22-23,26-27,35-37,39,43,48,50-51,57-59H,2,6,8-19,21,24-25,28-34,38H2,1,3-5H3. The lowest BCUT2D eigenvalue weighted by atomic mass is 9.55. The number of nitro benzene ring substituents is 1. The van der Waals surface area contributed by atoms with E-state index in [1.54, 1.807) is 24.3 Å². The maximum Gasteiger partial charge on any atom is 0.273 e. The molecule has 0 bridgehead atoms. The number of carbonyl (C=O) groups is 1. The first-order valence-corrected chi connectivity index (χ1v) is 25.1. The van der Waals surface area contributed by atoms with E-state index in [1.165, 1.54) is 44.2 Å². The molecule has 14 heteroatoms. The number of oxime groups is 1. The molecule has 2 aromatic rings. The van der Waals surface area contributed by atoms with Crippen molar-refractivity contribution in [1.82, 2.24) is 4.90 Å². The van der Waals surface area contributed by atoms with Crippen molar-refractivity contribution in [3.05, 3.63) is 82.4 Å². The monoisotopic (exact) mass is 934 g/mol. The van der Waals surface area contributed by atoms with Crippen LogP contribution in [0, 0.1) is 27.9 Å². The number of unbranched alkanes of at least 4 members (excludes halogenated alkanes) is 10. The molecule has 3 N–H and O–H groups in total. The summed E-state index contributed by atoms with van der Waals surface area (Å²) in [6, 6.07) is 11.0. The highest BCUT2D eigenvalue weighted by molar-refractivity contribution is 6.03. The van der Waals surface area contributed by atoms with Crippen LogP contribution >= 0.6 is 0 Å². The number of ether oxygens (including phenoxy) is 4. The van der Waals surface area contributed by atoms with Gasteiger partial charge in [-0.15, -0.1) is 6.58 Å². The summed E-state index contributed by atoms with van der Waals surface area (Å²) in [5, 5.41) is 46.3. The van der Waals surface area contributed by atoms with Crippen LogP contribution in [0.4, 0.5) is 5.69 Å². The van der Waals surface area contributed by atoms with Crippen LogP contribution in [0.15, 0.2) is 71.9 Å². The van der Waals surface area contributed by atoms with Crippen molar-refractivity contribution in [2.24, 2.45) is 22.9 Å². The van der Waals surface area contributed by atoms with Gasteiger partial charge in [0.25, 0.3) is 5.69 Å². The van der Waals surface area contributed by atoms with Crippen molar-refractivity contribution < 1.29 is 48.8 Å². The van der Waals surface area contributed by atoms with Crippen LogP contribution in [0.5, 0.6) is 17.2 Å². The molecular weight excluding hydrogens is 855 g/mol. The van der Waals surface area contributed by atoms with Crippen LogP contribution in [-0.4, -0.2) is 100 Å². The summed E-state index contributed by atoms with van der Waals surface area (Å²) < 4.78 is 26.8. The molecule has 0 saturated heterocycles. The molecule has 1 fully saturated rings.